The Labute approximate surface area is 200 Å². The third kappa shape index (κ3) is 5.48. The molecule has 3 aromatic rings. The summed E-state index contributed by atoms with van der Waals surface area (Å²) < 4.78 is 11.9. The van der Waals surface area contributed by atoms with Crippen molar-refractivity contribution in [2.24, 2.45) is 0 Å². The van der Waals surface area contributed by atoms with Crippen LogP contribution in [0.4, 0.5) is 0 Å². The summed E-state index contributed by atoms with van der Waals surface area (Å²) in [5.74, 6) is -0.0203. The number of carboxylic acids is 1. The molecule has 5 heteroatoms. The number of ether oxygens (including phenoxy) is 2. The lowest BCUT2D eigenvalue weighted by atomic mass is 9.92. The largest absolute Gasteiger partial charge is 0.493 e. The summed E-state index contributed by atoms with van der Waals surface area (Å²) >= 11 is 1.69. The molecule has 0 radical (unpaired) electrons. The third-order valence-electron chi connectivity index (χ3n) is 5.84. The highest BCUT2D eigenvalue weighted by molar-refractivity contribution is 7.12. The number of thiophene rings is 1. The third-order valence-corrected chi connectivity index (χ3v) is 7.02. The van der Waals surface area contributed by atoms with Gasteiger partial charge >= 0.3 is 5.97 Å². The quantitative estimate of drug-likeness (QED) is 0.419. The van der Waals surface area contributed by atoms with Gasteiger partial charge < -0.3 is 14.6 Å². The number of hydrogen-bond acceptors (Lipinski definition) is 4. The van der Waals surface area contributed by atoms with Crippen molar-refractivity contribution in [2.75, 3.05) is 6.61 Å². The second-order valence-corrected chi connectivity index (χ2v) is 10.9. The maximum absolute atomic E-state index is 12.4. The van der Waals surface area contributed by atoms with Gasteiger partial charge in [-0.1, -0.05) is 36.4 Å². The van der Waals surface area contributed by atoms with Crippen LogP contribution in [0.2, 0.25) is 0 Å². The second kappa shape index (κ2) is 9.70. The summed E-state index contributed by atoms with van der Waals surface area (Å²) in [5, 5.41) is 10.2. The fraction of sp³-hybridized carbons (Fsp3) is 0.393. The fourth-order valence-electron chi connectivity index (χ4n) is 4.43. The van der Waals surface area contributed by atoms with Gasteiger partial charge in [0.05, 0.1) is 12.2 Å². The van der Waals surface area contributed by atoms with E-state index < -0.39 is 17.7 Å². The molecule has 0 bridgehead atoms. The summed E-state index contributed by atoms with van der Waals surface area (Å²) in [4.78, 5) is 14.6. The Morgan fingerprint density at radius 1 is 1.15 bits per heavy atom. The molecule has 1 aromatic heterocycles. The zero-order chi connectivity index (χ0) is 23.6. The molecule has 0 saturated carbocycles. The summed E-state index contributed by atoms with van der Waals surface area (Å²) in [6, 6.07) is 16.7. The number of aryl methyl sites for hydroxylation is 4. The summed E-state index contributed by atoms with van der Waals surface area (Å²) in [5.41, 5.74) is 4.72. The Morgan fingerprint density at radius 2 is 1.91 bits per heavy atom. The Bertz CT molecular complexity index is 1120. The Morgan fingerprint density at radius 3 is 2.61 bits per heavy atom. The van der Waals surface area contributed by atoms with Gasteiger partial charge in [0.1, 0.15) is 5.75 Å². The van der Waals surface area contributed by atoms with Crippen molar-refractivity contribution in [3.63, 3.8) is 0 Å². The van der Waals surface area contributed by atoms with Crippen molar-refractivity contribution in [2.45, 2.75) is 65.1 Å². The first-order valence-corrected chi connectivity index (χ1v) is 12.4. The smallest absolute Gasteiger partial charge is 0.337 e. The molecule has 0 aliphatic carbocycles. The first-order valence-electron chi connectivity index (χ1n) is 11.6. The first kappa shape index (κ1) is 23.5. The van der Waals surface area contributed by atoms with Crippen LogP contribution in [-0.4, -0.2) is 23.3 Å². The fourth-order valence-corrected chi connectivity index (χ4v) is 5.65. The first-order chi connectivity index (χ1) is 15.7. The highest BCUT2D eigenvalue weighted by Crippen LogP contribution is 2.44. The van der Waals surface area contributed by atoms with Crippen LogP contribution < -0.4 is 4.74 Å². The molecule has 1 aliphatic rings. The van der Waals surface area contributed by atoms with E-state index in [4.69, 9.17) is 9.47 Å². The van der Waals surface area contributed by atoms with E-state index in [2.05, 4.69) is 36.4 Å². The molecule has 0 amide bonds. The topological polar surface area (TPSA) is 55.8 Å². The average Bonchev–Trinajstić information content (AvgIpc) is 3.11. The van der Waals surface area contributed by atoms with Crippen LogP contribution in [0.1, 0.15) is 59.7 Å². The minimum Gasteiger partial charge on any atom is -0.493 e. The average molecular weight is 465 g/mol. The molecule has 33 heavy (non-hydrogen) atoms. The number of carboxylic acid groups (broad SMARTS) is 1. The summed E-state index contributed by atoms with van der Waals surface area (Å²) in [6.45, 7) is 8.46. The lowest BCUT2D eigenvalue weighted by Crippen LogP contribution is -2.27. The minimum atomic E-state index is -1.02. The van der Waals surface area contributed by atoms with E-state index in [1.165, 1.54) is 16.0 Å². The molecular formula is C28H32O4S. The van der Waals surface area contributed by atoms with Gasteiger partial charge in [0.25, 0.3) is 0 Å². The molecule has 1 aliphatic heterocycles. The molecular weight excluding hydrogens is 432 g/mol. The molecule has 2 aromatic carbocycles. The zero-order valence-corrected chi connectivity index (χ0v) is 20.6. The maximum Gasteiger partial charge on any atom is 0.337 e. The minimum absolute atomic E-state index is 0.581. The molecule has 0 saturated heterocycles. The van der Waals surface area contributed by atoms with E-state index in [1.54, 1.807) is 11.3 Å². The number of aliphatic carboxylic acids is 1. The van der Waals surface area contributed by atoms with E-state index in [-0.39, 0.29) is 0 Å². The predicted octanol–water partition coefficient (Wildman–Crippen LogP) is 6.77. The SMILES string of the molecule is Cc1sc(CCc2ccccc2)c(-c2ccc3c(c2)CCCO3)c1C(OC(C)(C)C)C(=O)O. The Kier molecular flexibility index (Phi) is 6.91. The van der Waals surface area contributed by atoms with Gasteiger partial charge in [0, 0.05) is 20.9 Å². The molecule has 1 N–H and O–H groups in total. The number of rotatable bonds is 7. The van der Waals surface area contributed by atoms with Gasteiger partial charge in [0.15, 0.2) is 6.10 Å². The van der Waals surface area contributed by atoms with E-state index >= 15 is 0 Å². The van der Waals surface area contributed by atoms with Gasteiger partial charge in [0.2, 0.25) is 0 Å². The molecule has 174 valence electrons. The van der Waals surface area contributed by atoms with Gasteiger partial charge in [-0.15, -0.1) is 11.3 Å². The van der Waals surface area contributed by atoms with Crippen molar-refractivity contribution in [3.05, 3.63) is 75.0 Å². The van der Waals surface area contributed by atoms with E-state index in [1.807, 2.05) is 39.8 Å². The Hall–Kier alpha value is -2.63. The summed E-state index contributed by atoms with van der Waals surface area (Å²) in [7, 11) is 0. The lowest BCUT2D eigenvalue weighted by molar-refractivity contribution is -0.160. The van der Waals surface area contributed by atoms with Crippen molar-refractivity contribution in [3.8, 4) is 16.9 Å². The van der Waals surface area contributed by atoms with Crippen molar-refractivity contribution < 1.29 is 19.4 Å². The van der Waals surface area contributed by atoms with Crippen LogP contribution in [0, 0.1) is 6.92 Å². The van der Waals surface area contributed by atoms with Crippen LogP contribution in [0.25, 0.3) is 11.1 Å². The molecule has 1 atom stereocenters. The van der Waals surface area contributed by atoms with Crippen LogP contribution >= 0.6 is 11.3 Å². The van der Waals surface area contributed by atoms with Gasteiger partial charge in [-0.2, -0.15) is 0 Å². The standard InChI is InChI=1S/C28H32O4S/c1-18-24(26(27(29)30)32-28(2,3)4)25(21-13-14-22-20(17-21)11-8-16-31-22)23(33-18)15-12-19-9-6-5-7-10-19/h5-7,9-10,13-14,17,26H,8,11-12,15-16H2,1-4H3,(H,29,30). The van der Waals surface area contributed by atoms with Crippen LogP contribution in [0.3, 0.4) is 0 Å². The highest BCUT2D eigenvalue weighted by atomic mass is 32.1. The van der Waals surface area contributed by atoms with Crippen LogP contribution in [0.5, 0.6) is 5.75 Å². The maximum atomic E-state index is 12.4. The number of carbonyl (C=O) groups is 1. The van der Waals surface area contributed by atoms with E-state index in [0.717, 1.165) is 59.6 Å². The van der Waals surface area contributed by atoms with Crippen molar-refractivity contribution >= 4 is 17.3 Å². The van der Waals surface area contributed by atoms with Crippen LogP contribution in [-0.2, 0) is 28.8 Å². The van der Waals surface area contributed by atoms with Crippen molar-refractivity contribution in [1.29, 1.82) is 0 Å². The van der Waals surface area contributed by atoms with Crippen LogP contribution in [0.15, 0.2) is 48.5 Å². The normalized spacial score (nSPS) is 14.4. The predicted molar refractivity (Wildman–Crippen MR) is 133 cm³/mol. The lowest BCUT2D eigenvalue weighted by Gasteiger charge is -2.26. The molecule has 2 heterocycles. The molecule has 4 rings (SSSR count). The van der Waals surface area contributed by atoms with Gasteiger partial charge in [-0.3, -0.25) is 0 Å². The Balaban J connectivity index is 1.82. The number of fused-ring (bicyclic) bond motifs is 1. The second-order valence-electron chi connectivity index (χ2n) is 9.58. The highest BCUT2D eigenvalue weighted by Gasteiger charge is 2.33. The van der Waals surface area contributed by atoms with E-state index in [0.29, 0.717) is 0 Å². The summed E-state index contributed by atoms with van der Waals surface area (Å²) in [6.07, 6.45) is 2.70. The van der Waals surface area contributed by atoms with Gasteiger partial charge in [-0.25, -0.2) is 4.79 Å². The van der Waals surface area contributed by atoms with Crippen molar-refractivity contribution in [1.82, 2.24) is 0 Å². The number of benzene rings is 2. The number of hydrogen-bond donors (Lipinski definition) is 1. The molecule has 0 spiro atoms. The van der Waals surface area contributed by atoms with Gasteiger partial charge in [-0.05, 0) is 82.2 Å². The molecule has 0 fully saturated rings. The van der Waals surface area contributed by atoms with E-state index in [9.17, 15) is 9.90 Å². The molecule has 4 nitrogen and oxygen atoms in total. The monoisotopic (exact) mass is 464 g/mol. The molecule has 1 unspecified atom stereocenters. The zero-order valence-electron chi connectivity index (χ0n) is 19.8.